The minimum Gasteiger partial charge on any atom is -0.504 e. The summed E-state index contributed by atoms with van der Waals surface area (Å²) in [5.74, 6) is 0.0416. The van der Waals surface area contributed by atoms with Crippen LogP contribution in [0.3, 0.4) is 0 Å². The van der Waals surface area contributed by atoms with Crippen LogP contribution in [0, 0.1) is 0 Å². The molecule has 0 aliphatic carbocycles. The van der Waals surface area contributed by atoms with Crippen molar-refractivity contribution in [1.82, 2.24) is 0 Å². The van der Waals surface area contributed by atoms with Crippen molar-refractivity contribution in [3.63, 3.8) is 0 Å². The van der Waals surface area contributed by atoms with E-state index in [1.807, 2.05) is 6.07 Å². The second-order valence-electron chi connectivity index (χ2n) is 5.31. The van der Waals surface area contributed by atoms with E-state index in [4.69, 9.17) is 0 Å². The molecule has 1 aromatic rings. The first-order valence-electron chi connectivity index (χ1n) is 5.92. The minimum atomic E-state index is -0.0147. The van der Waals surface area contributed by atoms with Gasteiger partial charge in [0.15, 0.2) is 11.5 Å². The molecule has 0 atom stereocenters. The summed E-state index contributed by atoms with van der Waals surface area (Å²) >= 11 is 0. The fraction of sp³-hybridized carbons (Fsp3) is 0.571. The summed E-state index contributed by atoms with van der Waals surface area (Å²) in [7, 11) is 0. The van der Waals surface area contributed by atoms with E-state index in [2.05, 4.69) is 27.7 Å². The van der Waals surface area contributed by atoms with Gasteiger partial charge in [-0.15, -0.1) is 0 Å². The summed E-state index contributed by atoms with van der Waals surface area (Å²) in [6, 6.07) is 3.49. The van der Waals surface area contributed by atoms with Crippen molar-refractivity contribution in [3.8, 4) is 11.5 Å². The Morgan fingerprint density at radius 2 is 1.75 bits per heavy atom. The van der Waals surface area contributed by atoms with Gasteiger partial charge in [0.25, 0.3) is 0 Å². The molecule has 0 spiro atoms. The zero-order valence-electron chi connectivity index (χ0n) is 10.7. The maximum Gasteiger partial charge on any atom is 0.160 e. The van der Waals surface area contributed by atoms with Crippen LogP contribution >= 0.6 is 0 Å². The van der Waals surface area contributed by atoms with Crippen molar-refractivity contribution in [1.29, 1.82) is 0 Å². The molecule has 2 N–H and O–H groups in total. The van der Waals surface area contributed by atoms with Crippen LogP contribution in [0.1, 0.15) is 51.7 Å². The fourth-order valence-electron chi connectivity index (χ4n) is 1.93. The average Bonchev–Trinajstić information content (AvgIpc) is 2.18. The molecule has 1 aromatic carbocycles. The average molecular weight is 222 g/mol. The van der Waals surface area contributed by atoms with Gasteiger partial charge in [0, 0.05) is 5.56 Å². The highest BCUT2D eigenvalue weighted by molar-refractivity contribution is 5.51. The Morgan fingerprint density at radius 1 is 1.12 bits per heavy atom. The molecule has 0 fully saturated rings. The summed E-state index contributed by atoms with van der Waals surface area (Å²) in [6.07, 6.45) is 2.93. The van der Waals surface area contributed by atoms with Crippen molar-refractivity contribution in [3.05, 3.63) is 23.3 Å². The van der Waals surface area contributed by atoms with Gasteiger partial charge in [-0.1, -0.05) is 40.2 Å². The lowest BCUT2D eigenvalue weighted by atomic mass is 9.82. The second-order valence-corrected chi connectivity index (χ2v) is 5.31. The van der Waals surface area contributed by atoms with Crippen LogP contribution in [0.5, 0.6) is 11.5 Å². The molecule has 2 heteroatoms. The van der Waals surface area contributed by atoms with Gasteiger partial charge in [-0.3, -0.25) is 0 Å². The van der Waals surface area contributed by atoms with Crippen molar-refractivity contribution in [2.75, 3.05) is 0 Å². The standard InChI is InChI=1S/C14H22O2/c1-5-6-7-10-11(14(2,3)4)8-9-12(15)13(10)16/h8-9,15-16H,5-7H2,1-4H3. The predicted molar refractivity (Wildman–Crippen MR) is 67.1 cm³/mol. The fourth-order valence-corrected chi connectivity index (χ4v) is 1.93. The molecule has 0 radical (unpaired) electrons. The van der Waals surface area contributed by atoms with Crippen molar-refractivity contribution in [2.24, 2.45) is 0 Å². The van der Waals surface area contributed by atoms with Crippen molar-refractivity contribution in [2.45, 2.75) is 52.4 Å². The molecule has 1 rings (SSSR count). The smallest absolute Gasteiger partial charge is 0.160 e. The van der Waals surface area contributed by atoms with E-state index in [0.717, 1.165) is 30.4 Å². The van der Waals surface area contributed by atoms with Gasteiger partial charge in [-0.25, -0.2) is 0 Å². The first-order valence-corrected chi connectivity index (χ1v) is 5.92. The van der Waals surface area contributed by atoms with E-state index in [1.54, 1.807) is 6.07 Å². The predicted octanol–water partition coefficient (Wildman–Crippen LogP) is 3.74. The number of aromatic hydroxyl groups is 2. The highest BCUT2D eigenvalue weighted by Crippen LogP contribution is 2.37. The number of unbranched alkanes of at least 4 members (excludes halogenated alkanes) is 1. The number of phenolic OH excluding ortho intramolecular Hbond substituents is 2. The number of benzene rings is 1. The lowest BCUT2D eigenvalue weighted by molar-refractivity contribution is 0.395. The monoisotopic (exact) mass is 222 g/mol. The lowest BCUT2D eigenvalue weighted by Gasteiger charge is -2.24. The van der Waals surface area contributed by atoms with Crippen molar-refractivity contribution >= 4 is 0 Å². The number of hydrogen-bond acceptors (Lipinski definition) is 2. The van der Waals surface area contributed by atoms with E-state index in [0.29, 0.717) is 0 Å². The Morgan fingerprint density at radius 3 is 2.25 bits per heavy atom. The molecule has 90 valence electrons. The Bertz CT molecular complexity index is 362. The van der Waals surface area contributed by atoms with Crippen LogP contribution in [0.15, 0.2) is 12.1 Å². The van der Waals surface area contributed by atoms with E-state index in [1.165, 1.54) is 0 Å². The second kappa shape index (κ2) is 4.77. The summed E-state index contributed by atoms with van der Waals surface area (Å²) < 4.78 is 0. The van der Waals surface area contributed by atoms with Crippen LogP contribution in [0.25, 0.3) is 0 Å². The third kappa shape index (κ3) is 2.69. The maximum atomic E-state index is 9.92. The third-order valence-electron chi connectivity index (χ3n) is 2.85. The van der Waals surface area contributed by atoms with Gasteiger partial charge >= 0.3 is 0 Å². The van der Waals surface area contributed by atoms with Crippen LogP contribution in [-0.4, -0.2) is 10.2 Å². The molecule has 0 saturated heterocycles. The van der Waals surface area contributed by atoms with E-state index in [9.17, 15) is 10.2 Å². The third-order valence-corrected chi connectivity index (χ3v) is 2.85. The quantitative estimate of drug-likeness (QED) is 0.765. The minimum absolute atomic E-state index is 0.00570. The Balaban J connectivity index is 3.22. The summed E-state index contributed by atoms with van der Waals surface area (Å²) in [5, 5.41) is 19.5. The molecule has 0 bridgehead atoms. The van der Waals surface area contributed by atoms with Crippen LogP contribution in [0.4, 0.5) is 0 Å². The van der Waals surface area contributed by atoms with Crippen LogP contribution in [0.2, 0.25) is 0 Å². The van der Waals surface area contributed by atoms with E-state index < -0.39 is 0 Å². The zero-order valence-corrected chi connectivity index (χ0v) is 10.7. The summed E-state index contributed by atoms with van der Waals surface area (Å²) in [4.78, 5) is 0. The molecule has 0 aliphatic heterocycles. The van der Waals surface area contributed by atoms with Gasteiger partial charge < -0.3 is 10.2 Å². The van der Waals surface area contributed by atoms with Crippen LogP contribution < -0.4 is 0 Å². The highest BCUT2D eigenvalue weighted by atomic mass is 16.3. The Kier molecular flexibility index (Phi) is 3.84. The molecule has 16 heavy (non-hydrogen) atoms. The van der Waals surface area contributed by atoms with Gasteiger partial charge in [0.1, 0.15) is 0 Å². The summed E-state index contributed by atoms with van der Waals surface area (Å²) in [6.45, 7) is 8.48. The number of rotatable bonds is 3. The van der Waals surface area contributed by atoms with E-state index >= 15 is 0 Å². The molecule has 0 aromatic heterocycles. The molecule has 0 amide bonds. The largest absolute Gasteiger partial charge is 0.504 e. The zero-order chi connectivity index (χ0) is 12.3. The normalized spacial score (nSPS) is 11.8. The molecular weight excluding hydrogens is 200 g/mol. The SMILES string of the molecule is CCCCc1c(C(C)(C)C)ccc(O)c1O. The molecule has 0 aliphatic rings. The molecule has 0 saturated carbocycles. The number of hydrogen-bond donors (Lipinski definition) is 2. The Labute approximate surface area is 97.9 Å². The first kappa shape index (κ1) is 12.9. The maximum absolute atomic E-state index is 9.92. The van der Waals surface area contributed by atoms with Gasteiger partial charge in [0.2, 0.25) is 0 Å². The molecule has 0 unspecified atom stereocenters. The highest BCUT2D eigenvalue weighted by Gasteiger charge is 2.21. The van der Waals surface area contributed by atoms with Gasteiger partial charge in [0.05, 0.1) is 0 Å². The molecular formula is C14H22O2. The Hall–Kier alpha value is -1.18. The molecule has 0 heterocycles. The van der Waals surface area contributed by atoms with Gasteiger partial charge in [-0.2, -0.15) is 0 Å². The van der Waals surface area contributed by atoms with Crippen LogP contribution in [-0.2, 0) is 11.8 Å². The van der Waals surface area contributed by atoms with Crippen molar-refractivity contribution < 1.29 is 10.2 Å². The van der Waals surface area contributed by atoms with E-state index in [-0.39, 0.29) is 16.9 Å². The first-order chi connectivity index (χ1) is 7.38. The molecule has 2 nitrogen and oxygen atoms in total. The van der Waals surface area contributed by atoms with Gasteiger partial charge in [-0.05, 0) is 29.9 Å². The topological polar surface area (TPSA) is 40.5 Å². The summed E-state index contributed by atoms with van der Waals surface area (Å²) in [5.41, 5.74) is 2.01. The lowest BCUT2D eigenvalue weighted by Crippen LogP contribution is -2.14. The number of phenols is 2.